The van der Waals surface area contributed by atoms with Gasteiger partial charge < -0.3 is 14.0 Å². The lowest BCUT2D eigenvalue weighted by Crippen LogP contribution is -2.37. The Morgan fingerprint density at radius 2 is 0.714 bits per heavy atom. The molecule has 0 fully saturated rings. The van der Waals surface area contributed by atoms with Gasteiger partial charge in [-0.05, 0) is 72.8 Å². The van der Waals surface area contributed by atoms with Crippen LogP contribution in [0.25, 0.3) is 0 Å². The number of benzene rings is 3. The van der Waals surface area contributed by atoms with Crippen molar-refractivity contribution in [1.29, 1.82) is 0 Å². The second-order valence-corrected chi connectivity index (χ2v) is 5.70. The van der Waals surface area contributed by atoms with Crippen molar-refractivity contribution in [3.05, 3.63) is 89.5 Å². The van der Waals surface area contributed by atoms with E-state index >= 15 is 0 Å². The molecule has 0 aliphatic heterocycles. The molecule has 0 spiro atoms. The Kier molecular flexibility index (Phi) is 6.20. The Bertz CT molecular complexity index is 809. The molecule has 3 rings (SSSR count). The maximum absolute atomic E-state index is 10.8. The second-order valence-electron chi connectivity index (χ2n) is 5.70. The van der Waals surface area contributed by atoms with Gasteiger partial charge in [-0.2, -0.15) is 0 Å². The van der Waals surface area contributed by atoms with Crippen LogP contribution < -0.4 is 14.0 Å². The monoisotopic (exact) mass is 374 g/mol. The number of rotatable bonds is 9. The molecule has 0 N–H and O–H groups in total. The Labute approximate surface area is 161 Å². The van der Waals surface area contributed by atoms with E-state index in [9.17, 15) is 14.4 Å². The fraction of sp³-hybridized carbons (Fsp3) is 0. The minimum Gasteiger partial charge on any atom is -0.490 e. The van der Waals surface area contributed by atoms with E-state index in [4.69, 9.17) is 14.0 Å². The molecule has 3 aromatic carbocycles. The summed E-state index contributed by atoms with van der Waals surface area (Å²) in [5, 5.41) is 0. The zero-order valence-corrected chi connectivity index (χ0v) is 14.7. The lowest BCUT2D eigenvalue weighted by atomic mass is 10.1. The van der Waals surface area contributed by atoms with Gasteiger partial charge in [-0.25, -0.2) is 0 Å². The van der Waals surface area contributed by atoms with Crippen molar-refractivity contribution >= 4 is 26.2 Å². The third kappa shape index (κ3) is 5.08. The molecule has 3 aromatic rings. The van der Waals surface area contributed by atoms with Crippen LogP contribution in [0.3, 0.4) is 0 Å². The van der Waals surface area contributed by atoms with Gasteiger partial charge in [-0.3, -0.25) is 14.4 Å². The van der Waals surface area contributed by atoms with E-state index < -0.39 is 7.32 Å². The molecule has 0 aliphatic rings. The first-order valence-electron chi connectivity index (χ1n) is 8.36. The average molecular weight is 374 g/mol. The van der Waals surface area contributed by atoms with Gasteiger partial charge in [0.25, 0.3) is 0 Å². The van der Waals surface area contributed by atoms with Crippen molar-refractivity contribution in [2.24, 2.45) is 0 Å². The molecule has 7 heteroatoms. The molecular weight excluding hydrogens is 359 g/mol. The number of hydrogen-bond acceptors (Lipinski definition) is 6. The summed E-state index contributed by atoms with van der Waals surface area (Å²) in [5.41, 5.74) is 1.54. The fourth-order valence-corrected chi connectivity index (χ4v) is 2.28. The number of carbonyl (C=O) groups excluding carboxylic acids is 3. The highest BCUT2D eigenvalue weighted by Crippen LogP contribution is 2.19. The van der Waals surface area contributed by atoms with Crippen LogP contribution in [0.4, 0.5) is 0 Å². The summed E-state index contributed by atoms with van der Waals surface area (Å²) in [4.78, 5) is 32.4. The van der Waals surface area contributed by atoms with Crippen LogP contribution >= 0.6 is 0 Å². The molecule has 28 heavy (non-hydrogen) atoms. The van der Waals surface area contributed by atoms with Gasteiger partial charge in [0.15, 0.2) is 0 Å². The maximum atomic E-state index is 10.8. The summed E-state index contributed by atoms with van der Waals surface area (Å²) in [6.07, 6.45) is 2.20. The predicted molar refractivity (Wildman–Crippen MR) is 103 cm³/mol. The molecule has 0 saturated heterocycles. The van der Waals surface area contributed by atoms with Crippen molar-refractivity contribution < 1.29 is 28.3 Å². The van der Waals surface area contributed by atoms with E-state index in [1.165, 1.54) is 0 Å². The fourth-order valence-electron chi connectivity index (χ4n) is 2.28. The zero-order chi connectivity index (χ0) is 19.8. The van der Waals surface area contributed by atoms with Crippen molar-refractivity contribution in [1.82, 2.24) is 0 Å². The summed E-state index contributed by atoms with van der Waals surface area (Å²) in [6.45, 7) is 0. The first-order valence-corrected chi connectivity index (χ1v) is 8.36. The van der Waals surface area contributed by atoms with Crippen LogP contribution in [0.5, 0.6) is 17.2 Å². The highest BCUT2D eigenvalue weighted by Gasteiger charge is 2.30. The normalized spacial score (nSPS) is 9.86. The minimum atomic E-state index is -1.15. The molecule has 0 amide bonds. The van der Waals surface area contributed by atoms with Gasteiger partial charge in [0, 0.05) is 16.7 Å². The third-order valence-electron chi connectivity index (χ3n) is 3.75. The van der Waals surface area contributed by atoms with E-state index in [0.29, 0.717) is 33.9 Å². The molecule has 0 aliphatic carbocycles. The molecular formula is C21H15BO6. The molecule has 0 aromatic heterocycles. The summed E-state index contributed by atoms with van der Waals surface area (Å²) in [5.74, 6) is 1.30. The SMILES string of the molecule is O=Cc1ccc(OB(Oc2ccc(C=O)cc2)Oc2ccc(C=O)cc2)cc1. The lowest BCUT2D eigenvalue weighted by molar-refractivity contribution is 0.111. The van der Waals surface area contributed by atoms with Crippen LogP contribution in [0.15, 0.2) is 72.8 Å². The summed E-state index contributed by atoms with van der Waals surface area (Å²) >= 11 is 0. The van der Waals surface area contributed by atoms with Crippen LogP contribution in [-0.4, -0.2) is 26.2 Å². The molecule has 0 atom stereocenters. The highest BCUT2D eigenvalue weighted by molar-refractivity contribution is 6.39. The summed E-state index contributed by atoms with van der Waals surface area (Å²) in [6, 6.07) is 19.4. The molecule has 0 saturated carbocycles. The van der Waals surface area contributed by atoms with Gasteiger partial charge in [-0.1, -0.05) is 0 Å². The first-order chi connectivity index (χ1) is 13.7. The van der Waals surface area contributed by atoms with Crippen LogP contribution in [0, 0.1) is 0 Å². The van der Waals surface area contributed by atoms with Crippen molar-refractivity contribution in [3.8, 4) is 17.2 Å². The van der Waals surface area contributed by atoms with Crippen LogP contribution in [0.2, 0.25) is 0 Å². The van der Waals surface area contributed by atoms with Gasteiger partial charge in [0.1, 0.15) is 36.1 Å². The van der Waals surface area contributed by atoms with Crippen molar-refractivity contribution in [2.75, 3.05) is 0 Å². The van der Waals surface area contributed by atoms with Gasteiger partial charge in [-0.15, -0.1) is 0 Å². The zero-order valence-electron chi connectivity index (χ0n) is 14.7. The van der Waals surface area contributed by atoms with E-state index in [0.717, 1.165) is 18.9 Å². The Balaban J connectivity index is 1.78. The quantitative estimate of drug-likeness (QED) is 0.420. The van der Waals surface area contributed by atoms with Gasteiger partial charge in [0.05, 0.1) is 0 Å². The standard InChI is InChI=1S/C21H15BO6/c23-13-16-1-7-19(8-2-16)26-22(27-20-9-3-17(14-24)4-10-20)28-21-11-5-18(15-25)6-12-21/h1-15H. The Morgan fingerprint density at radius 3 is 0.929 bits per heavy atom. The van der Waals surface area contributed by atoms with Crippen molar-refractivity contribution in [2.45, 2.75) is 0 Å². The smallest absolute Gasteiger partial charge is 0.490 e. The second kappa shape index (κ2) is 9.18. The predicted octanol–water partition coefficient (Wildman–Crippen LogP) is 3.65. The van der Waals surface area contributed by atoms with E-state index in [-0.39, 0.29) is 0 Å². The van der Waals surface area contributed by atoms with Crippen LogP contribution in [0.1, 0.15) is 31.1 Å². The van der Waals surface area contributed by atoms with E-state index in [2.05, 4.69) is 0 Å². The largest absolute Gasteiger partial charge is 0.864 e. The lowest BCUT2D eigenvalue weighted by Gasteiger charge is -2.16. The molecule has 0 radical (unpaired) electrons. The molecule has 138 valence electrons. The van der Waals surface area contributed by atoms with Gasteiger partial charge in [0.2, 0.25) is 0 Å². The summed E-state index contributed by atoms with van der Waals surface area (Å²) < 4.78 is 17.2. The molecule has 0 heterocycles. The minimum absolute atomic E-state index is 0.435. The van der Waals surface area contributed by atoms with Crippen molar-refractivity contribution in [3.63, 3.8) is 0 Å². The van der Waals surface area contributed by atoms with Crippen LogP contribution in [-0.2, 0) is 0 Å². The molecule has 0 bridgehead atoms. The van der Waals surface area contributed by atoms with E-state index in [1.54, 1.807) is 72.8 Å². The number of aldehydes is 3. The molecule has 6 nitrogen and oxygen atoms in total. The average Bonchev–Trinajstić information content (AvgIpc) is 2.75. The maximum Gasteiger partial charge on any atom is 0.864 e. The summed E-state index contributed by atoms with van der Waals surface area (Å²) in [7, 11) is -1.15. The van der Waals surface area contributed by atoms with Gasteiger partial charge >= 0.3 is 7.32 Å². The topological polar surface area (TPSA) is 78.9 Å². The Hall–Kier alpha value is -3.87. The number of carbonyl (C=O) groups is 3. The third-order valence-corrected chi connectivity index (χ3v) is 3.75. The Morgan fingerprint density at radius 1 is 0.464 bits per heavy atom. The molecule has 0 unspecified atom stereocenters. The first kappa shape index (κ1) is 18.9. The van der Waals surface area contributed by atoms with E-state index in [1.807, 2.05) is 0 Å². The highest BCUT2D eigenvalue weighted by atomic mass is 16.7. The number of hydrogen-bond donors (Lipinski definition) is 0.